The van der Waals surface area contributed by atoms with Gasteiger partial charge in [0.1, 0.15) is 11.9 Å². The molecule has 3 aromatic carbocycles. The normalized spacial score (nSPS) is 18.1. The molecular weight excluding hydrogens is 526 g/mol. The second-order valence-electron chi connectivity index (χ2n) is 10.9. The van der Waals surface area contributed by atoms with Crippen molar-refractivity contribution in [3.63, 3.8) is 0 Å². The molecule has 0 saturated carbocycles. The fourth-order valence-corrected chi connectivity index (χ4v) is 5.91. The number of anilines is 1. The van der Waals surface area contributed by atoms with E-state index in [1.807, 2.05) is 77.7 Å². The molecule has 2 aliphatic rings. The standard InChI is InChI=1S/C34H33N5O3/c1-23(40)38-19-6-10-31(38)34(42)35-27-16-13-24(14-17-27)11-12-26-15-18-28-29(21-26)37-33(36-28)30-9-5-20-39(30)32(41)22-25-7-3-2-4-8-25/h2-4,7-8,13-18,21,30-31H,5-6,9-10,19-20,22H2,1H3,(H,35,42)(H,36,37). The molecular formula is C34H33N5O3. The van der Waals surface area contributed by atoms with Crippen molar-refractivity contribution in [1.29, 1.82) is 0 Å². The number of amides is 3. The smallest absolute Gasteiger partial charge is 0.247 e. The van der Waals surface area contributed by atoms with Crippen LogP contribution in [0.15, 0.2) is 72.8 Å². The van der Waals surface area contributed by atoms with Gasteiger partial charge in [0.25, 0.3) is 0 Å². The molecule has 2 aliphatic heterocycles. The number of hydrogen-bond donors (Lipinski definition) is 2. The monoisotopic (exact) mass is 559 g/mol. The minimum Gasteiger partial charge on any atom is -0.340 e. The lowest BCUT2D eigenvalue weighted by Gasteiger charge is -2.23. The molecule has 2 N–H and O–H groups in total. The summed E-state index contributed by atoms with van der Waals surface area (Å²) in [5, 5.41) is 2.92. The van der Waals surface area contributed by atoms with Crippen molar-refractivity contribution in [1.82, 2.24) is 19.8 Å². The van der Waals surface area contributed by atoms with Gasteiger partial charge in [-0.05, 0) is 73.7 Å². The van der Waals surface area contributed by atoms with Gasteiger partial charge in [-0.15, -0.1) is 0 Å². The Kier molecular flexibility index (Phi) is 7.74. The van der Waals surface area contributed by atoms with Crippen LogP contribution in [0.25, 0.3) is 11.0 Å². The van der Waals surface area contributed by atoms with Gasteiger partial charge in [-0.2, -0.15) is 0 Å². The Morgan fingerprint density at radius 2 is 1.62 bits per heavy atom. The number of hydrogen-bond acceptors (Lipinski definition) is 4. The van der Waals surface area contributed by atoms with Gasteiger partial charge < -0.3 is 20.1 Å². The summed E-state index contributed by atoms with van der Waals surface area (Å²) in [7, 11) is 0. The Morgan fingerprint density at radius 1 is 0.905 bits per heavy atom. The first-order valence-electron chi connectivity index (χ1n) is 14.5. The van der Waals surface area contributed by atoms with E-state index >= 15 is 0 Å². The SMILES string of the molecule is CC(=O)N1CCCC1C(=O)Nc1ccc(C#Cc2ccc3nc(C4CCCN4C(=O)Cc4ccccc4)[nH]c3c2)cc1. The molecule has 8 heteroatoms. The second kappa shape index (κ2) is 11.9. The highest BCUT2D eigenvalue weighted by Crippen LogP contribution is 2.32. The van der Waals surface area contributed by atoms with Crippen molar-refractivity contribution >= 4 is 34.4 Å². The van der Waals surface area contributed by atoms with Crippen LogP contribution in [0.4, 0.5) is 5.69 Å². The van der Waals surface area contributed by atoms with Crippen LogP contribution in [0.1, 0.15) is 61.2 Å². The van der Waals surface area contributed by atoms with Crippen LogP contribution >= 0.6 is 0 Å². The molecule has 8 nitrogen and oxygen atoms in total. The Labute approximate surface area is 245 Å². The van der Waals surface area contributed by atoms with Gasteiger partial charge in [-0.1, -0.05) is 42.2 Å². The number of nitrogens with one attached hydrogen (secondary N) is 2. The fraction of sp³-hybridized carbons (Fsp3) is 0.294. The predicted molar refractivity (Wildman–Crippen MR) is 161 cm³/mol. The number of carbonyl (C=O) groups is 3. The molecule has 6 rings (SSSR count). The van der Waals surface area contributed by atoms with E-state index in [-0.39, 0.29) is 23.8 Å². The number of carbonyl (C=O) groups excluding carboxylic acids is 3. The zero-order valence-corrected chi connectivity index (χ0v) is 23.6. The number of imidazole rings is 1. The summed E-state index contributed by atoms with van der Waals surface area (Å²) in [6.07, 6.45) is 3.76. The highest BCUT2D eigenvalue weighted by Gasteiger charge is 2.33. The fourth-order valence-electron chi connectivity index (χ4n) is 5.91. The van der Waals surface area contributed by atoms with Crippen molar-refractivity contribution in [2.24, 2.45) is 0 Å². The quantitative estimate of drug-likeness (QED) is 0.343. The Morgan fingerprint density at radius 3 is 2.40 bits per heavy atom. The van der Waals surface area contributed by atoms with Crippen molar-refractivity contribution in [3.8, 4) is 11.8 Å². The van der Waals surface area contributed by atoms with Crippen molar-refractivity contribution in [2.45, 2.75) is 51.1 Å². The molecule has 4 aromatic rings. The molecule has 3 heterocycles. The zero-order chi connectivity index (χ0) is 29.1. The number of benzene rings is 3. The van der Waals surface area contributed by atoms with Crippen LogP contribution in [0.3, 0.4) is 0 Å². The first-order chi connectivity index (χ1) is 20.4. The number of likely N-dealkylation sites (tertiary alicyclic amines) is 2. The maximum Gasteiger partial charge on any atom is 0.247 e. The molecule has 212 valence electrons. The topological polar surface area (TPSA) is 98.4 Å². The van der Waals surface area contributed by atoms with E-state index in [0.29, 0.717) is 25.1 Å². The highest BCUT2D eigenvalue weighted by molar-refractivity contribution is 5.97. The molecule has 2 fully saturated rings. The first kappa shape index (κ1) is 27.3. The van der Waals surface area contributed by atoms with E-state index in [0.717, 1.165) is 59.4 Å². The maximum absolute atomic E-state index is 13.1. The van der Waals surface area contributed by atoms with Crippen LogP contribution in [0, 0.1) is 11.8 Å². The van der Waals surface area contributed by atoms with Crippen LogP contribution in [0.2, 0.25) is 0 Å². The molecule has 0 aliphatic carbocycles. The lowest BCUT2D eigenvalue weighted by Crippen LogP contribution is -2.42. The number of aromatic amines is 1. The van der Waals surface area contributed by atoms with Gasteiger partial charge in [0.2, 0.25) is 17.7 Å². The van der Waals surface area contributed by atoms with E-state index in [1.165, 1.54) is 6.92 Å². The molecule has 0 bridgehead atoms. The van der Waals surface area contributed by atoms with Crippen molar-refractivity contribution in [3.05, 3.63) is 95.3 Å². The lowest BCUT2D eigenvalue weighted by atomic mass is 10.1. The van der Waals surface area contributed by atoms with Crippen molar-refractivity contribution in [2.75, 3.05) is 18.4 Å². The number of rotatable bonds is 5. The molecule has 42 heavy (non-hydrogen) atoms. The molecule has 3 amide bonds. The summed E-state index contributed by atoms with van der Waals surface area (Å²) in [6, 6.07) is 22.7. The predicted octanol–water partition coefficient (Wildman–Crippen LogP) is 4.82. The Hall–Kier alpha value is -4.90. The molecule has 2 saturated heterocycles. The number of aromatic nitrogens is 2. The van der Waals surface area contributed by atoms with E-state index in [1.54, 1.807) is 4.90 Å². The van der Waals surface area contributed by atoms with Gasteiger partial charge in [0, 0.05) is 36.8 Å². The van der Waals surface area contributed by atoms with E-state index in [4.69, 9.17) is 4.98 Å². The zero-order valence-electron chi connectivity index (χ0n) is 23.6. The largest absolute Gasteiger partial charge is 0.340 e. The van der Waals surface area contributed by atoms with Crippen LogP contribution in [0.5, 0.6) is 0 Å². The highest BCUT2D eigenvalue weighted by atomic mass is 16.2. The number of H-pyrrole nitrogens is 1. The second-order valence-corrected chi connectivity index (χ2v) is 10.9. The summed E-state index contributed by atoms with van der Waals surface area (Å²) < 4.78 is 0. The lowest BCUT2D eigenvalue weighted by molar-refractivity contribution is -0.134. The summed E-state index contributed by atoms with van der Waals surface area (Å²) >= 11 is 0. The summed E-state index contributed by atoms with van der Waals surface area (Å²) in [6.45, 7) is 2.87. The Balaban J connectivity index is 1.11. The Bertz CT molecular complexity index is 1680. The van der Waals surface area contributed by atoms with Gasteiger partial charge in [-0.3, -0.25) is 14.4 Å². The molecule has 0 radical (unpaired) electrons. The first-order valence-corrected chi connectivity index (χ1v) is 14.5. The molecule has 2 unspecified atom stereocenters. The average molecular weight is 560 g/mol. The summed E-state index contributed by atoms with van der Waals surface area (Å²) in [4.78, 5) is 49.4. The van der Waals surface area contributed by atoms with Gasteiger partial charge >= 0.3 is 0 Å². The van der Waals surface area contributed by atoms with E-state index in [2.05, 4.69) is 22.1 Å². The minimum absolute atomic E-state index is 0.0543. The minimum atomic E-state index is -0.411. The van der Waals surface area contributed by atoms with Crippen molar-refractivity contribution < 1.29 is 14.4 Å². The molecule has 1 aromatic heterocycles. The van der Waals surface area contributed by atoms with Gasteiger partial charge in [0.05, 0.1) is 23.5 Å². The van der Waals surface area contributed by atoms with E-state index in [9.17, 15) is 14.4 Å². The van der Waals surface area contributed by atoms with E-state index < -0.39 is 6.04 Å². The van der Waals surface area contributed by atoms with Crippen LogP contribution in [-0.2, 0) is 20.8 Å². The van der Waals surface area contributed by atoms with Crippen LogP contribution in [-0.4, -0.2) is 56.6 Å². The molecule has 0 spiro atoms. The third-order valence-corrected chi connectivity index (χ3v) is 8.05. The number of fused-ring (bicyclic) bond motifs is 1. The molecule has 2 atom stereocenters. The third-order valence-electron chi connectivity index (χ3n) is 8.05. The average Bonchev–Trinajstić information content (AvgIpc) is 3.76. The number of nitrogens with zero attached hydrogens (tertiary/aromatic N) is 3. The maximum atomic E-state index is 13.1. The summed E-state index contributed by atoms with van der Waals surface area (Å²) in [5.41, 5.74) is 5.11. The third kappa shape index (κ3) is 5.91. The van der Waals surface area contributed by atoms with Gasteiger partial charge in [0.15, 0.2) is 0 Å². The summed E-state index contributed by atoms with van der Waals surface area (Å²) in [5.74, 6) is 7.11. The van der Waals surface area contributed by atoms with Gasteiger partial charge in [-0.25, -0.2) is 4.98 Å². The van der Waals surface area contributed by atoms with Crippen LogP contribution < -0.4 is 5.32 Å².